The van der Waals surface area contributed by atoms with Crippen molar-refractivity contribution in [3.8, 4) is 0 Å². The van der Waals surface area contributed by atoms with Crippen LogP contribution in [0.15, 0.2) is 60.7 Å². The number of rotatable bonds is 5. The van der Waals surface area contributed by atoms with Crippen LogP contribution in [-0.4, -0.2) is 19.9 Å². The Hall–Kier alpha value is -0.313. The Morgan fingerprint density at radius 3 is 1.44 bits per heavy atom. The zero-order valence-corrected chi connectivity index (χ0v) is 26.4. The topological polar surface area (TPSA) is 0 Å². The fraction of sp³-hybridized carbons (Fsp3) is 0.370. The van der Waals surface area contributed by atoms with Gasteiger partial charge >= 0.3 is 206 Å². The van der Waals surface area contributed by atoms with E-state index in [1.165, 1.54) is 32.6 Å². The van der Waals surface area contributed by atoms with Crippen molar-refractivity contribution in [1.29, 1.82) is 0 Å². The number of fused-ring (bicyclic) bond motifs is 2. The van der Waals surface area contributed by atoms with E-state index in [1.807, 2.05) is 0 Å². The molecule has 0 saturated carbocycles. The minimum atomic E-state index is -4.60. The Morgan fingerprint density at radius 1 is 0.719 bits per heavy atom. The zero-order chi connectivity index (χ0) is 23.6. The number of hydrogen-bond acceptors (Lipinski definition) is 0. The van der Waals surface area contributed by atoms with Gasteiger partial charge in [-0.3, -0.25) is 0 Å². The molecule has 2 unspecified atom stereocenters. The average molecular weight is 579 g/mol. The van der Waals surface area contributed by atoms with Gasteiger partial charge in [0.05, 0.1) is 0 Å². The quantitative estimate of drug-likeness (QED) is 0.310. The van der Waals surface area contributed by atoms with Gasteiger partial charge < -0.3 is 0 Å². The molecular formula is C27H36Cl2Si2Zr. The van der Waals surface area contributed by atoms with Crippen molar-refractivity contribution in [3.63, 3.8) is 0 Å². The molecule has 0 nitrogen and oxygen atoms in total. The molecule has 32 heavy (non-hydrogen) atoms. The van der Waals surface area contributed by atoms with E-state index in [1.54, 1.807) is 0 Å². The second-order valence-corrected chi connectivity index (χ2v) is 42.9. The third kappa shape index (κ3) is 3.95. The summed E-state index contributed by atoms with van der Waals surface area (Å²) >= 11 is -4.60. The van der Waals surface area contributed by atoms with Crippen LogP contribution < -0.4 is 0 Å². The average Bonchev–Trinajstić information content (AvgIpc) is 3.28. The predicted octanol–water partition coefficient (Wildman–Crippen LogP) is 9.23. The van der Waals surface area contributed by atoms with Crippen LogP contribution >= 0.6 is 17.0 Å². The number of halogens is 2. The van der Waals surface area contributed by atoms with Crippen molar-refractivity contribution in [2.24, 2.45) is 0 Å². The van der Waals surface area contributed by atoms with Crippen LogP contribution in [0.1, 0.15) is 42.8 Å². The summed E-state index contributed by atoms with van der Waals surface area (Å²) in [7, 11) is 13.0. The summed E-state index contributed by atoms with van der Waals surface area (Å²) in [4.78, 5) is 0. The van der Waals surface area contributed by atoms with E-state index >= 15 is 0 Å². The van der Waals surface area contributed by atoms with E-state index in [4.69, 9.17) is 17.0 Å². The van der Waals surface area contributed by atoms with Gasteiger partial charge in [-0.1, -0.05) is 0 Å². The monoisotopic (exact) mass is 576 g/mol. The molecule has 2 aliphatic rings. The van der Waals surface area contributed by atoms with E-state index in [0.717, 1.165) is 6.42 Å². The maximum atomic E-state index is 8.05. The summed E-state index contributed by atoms with van der Waals surface area (Å²) in [5.41, 5.74) is 5.50. The molecule has 0 heterocycles. The number of hydrogen-bond donors (Lipinski definition) is 0. The first-order valence-electron chi connectivity index (χ1n) is 11.8. The molecule has 0 fully saturated rings. The fourth-order valence-corrected chi connectivity index (χ4v) is 26.8. The van der Waals surface area contributed by atoms with Gasteiger partial charge in [-0.2, -0.15) is 0 Å². The van der Waals surface area contributed by atoms with Crippen LogP contribution in [0.3, 0.4) is 0 Å². The SMILES string of the molecule is CC[CH]=[Zr]([Cl])([Cl])([CH]1C=C([Si](C)(C)C)c2ccccc21)[CH]1C=C([Si](C)(C)C)c2ccccc21. The van der Waals surface area contributed by atoms with Crippen molar-refractivity contribution in [1.82, 2.24) is 0 Å². The zero-order valence-electron chi connectivity index (χ0n) is 20.5. The van der Waals surface area contributed by atoms with Crippen molar-refractivity contribution < 1.29 is 15.9 Å². The van der Waals surface area contributed by atoms with Crippen LogP contribution in [0, 0.1) is 0 Å². The second-order valence-electron chi connectivity index (χ2n) is 11.6. The van der Waals surface area contributed by atoms with Gasteiger partial charge in [0.1, 0.15) is 0 Å². The first-order chi connectivity index (χ1) is 14.8. The van der Waals surface area contributed by atoms with E-state index in [9.17, 15) is 0 Å². The van der Waals surface area contributed by atoms with Crippen molar-refractivity contribution in [2.45, 2.75) is 59.9 Å². The predicted molar refractivity (Wildman–Crippen MR) is 149 cm³/mol. The molecule has 0 bridgehead atoms. The molecule has 0 saturated heterocycles. The molecule has 4 rings (SSSR count). The van der Waals surface area contributed by atoms with E-state index in [-0.39, 0.29) is 7.25 Å². The van der Waals surface area contributed by atoms with Crippen molar-refractivity contribution in [3.05, 3.63) is 82.9 Å². The van der Waals surface area contributed by atoms with Gasteiger partial charge in [0.25, 0.3) is 0 Å². The molecule has 0 aromatic heterocycles. The Bertz CT molecular complexity index is 1120. The van der Waals surface area contributed by atoms with Gasteiger partial charge in [-0.25, -0.2) is 0 Å². The van der Waals surface area contributed by atoms with Gasteiger partial charge in [0.2, 0.25) is 0 Å². The molecule has 170 valence electrons. The Labute approximate surface area is 204 Å². The molecule has 2 aliphatic carbocycles. The molecule has 2 aromatic carbocycles. The van der Waals surface area contributed by atoms with E-state index < -0.39 is 32.1 Å². The molecule has 0 amide bonds. The van der Waals surface area contributed by atoms with Gasteiger partial charge in [0, 0.05) is 0 Å². The Morgan fingerprint density at radius 2 is 1.09 bits per heavy atom. The van der Waals surface area contributed by atoms with Gasteiger partial charge in [-0.05, 0) is 0 Å². The summed E-state index contributed by atoms with van der Waals surface area (Å²) in [6, 6.07) is 17.8. The first-order valence-corrected chi connectivity index (χ1v) is 29.4. The fourth-order valence-electron chi connectivity index (χ4n) is 5.78. The number of benzene rings is 2. The molecule has 0 radical (unpaired) electrons. The summed E-state index contributed by atoms with van der Waals surface area (Å²) < 4.78 is 2.63. The van der Waals surface area contributed by atoms with Crippen molar-refractivity contribution >= 4 is 47.3 Å². The van der Waals surface area contributed by atoms with Crippen LogP contribution in [0.5, 0.6) is 0 Å². The minimum absolute atomic E-state index is 0.118. The summed E-state index contributed by atoms with van der Waals surface area (Å²) in [6.45, 7) is 16.8. The molecule has 2 aromatic rings. The van der Waals surface area contributed by atoms with Gasteiger partial charge in [-0.15, -0.1) is 0 Å². The summed E-state index contributed by atoms with van der Waals surface area (Å²) in [5.74, 6) is 0. The third-order valence-electron chi connectivity index (χ3n) is 7.24. The molecule has 0 aliphatic heterocycles. The molecule has 0 spiro atoms. The normalized spacial score (nSPS) is 21.1. The van der Waals surface area contributed by atoms with E-state index in [2.05, 4.69) is 111 Å². The Kier molecular flexibility index (Phi) is 6.30. The third-order valence-corrected chi connectivity index (χ3v) is 29.8. The standard InChI is InChI=1S/2C12H15Si.C3H6.2ClH.Zr/c2*1-13(2,3)12-9-8-10-6-4-5-7-11(10)12;1-3-2;;;/h2*4-9H,1-3H3;1H,3H2,2H3;2*1H;/q;;;;;+2/p-2. The maximum absolute atomic E-state index is 8.05. The van der Waals surface area contributed by atoms with Crippen LogP contribution in [-0.2, 0) is 15.9 Å². The number of allylic oxidation sites excluding steroid dienone is 2. The summed E-state index contributed by atoms with van der Waals surface area (Å²) in [5, 5.41) is 3.04. The van der Waals surface area contributed by atoms with Crippen molar-refractivity contribution in [2.75, 3.05) is 0 Å². The van der Waals surface area contributed by atoms with Crippen LogP contribution in [0.2, 0.25) is 39.3 Å². The molecule has 2 atom stereocenters. The molecule has 0 N–H and O–H groups in total. The Balaban J connectivity index is 2.03. The van der Waals surface area contributed by atoms with Crippen LogP contribution in [0.4, 0.5) is 0 Å². The summed E-state index contributed by atoms with van der Waals surface area (Å²) in [6.07, 6.45) is 5.93. The first kappa shape index (κ1) is 24.8. The second kappa shape index (κ2) is 8.13. The molecular weight excluding hydrogens is 543 g/mol. The molecule has 5 heteroatoms. The van der Waals surface area contributed by atoms with Gasteiger partial charge in [0.15, 0.2) is 0 Å². The van der Waals surface area contributed by atoms with E-state index in [0.29, 0.717) is 0 Å². The van der Waals surface area contributed by atoms with Crippen LogP contribution in [0.25, 0.3) is 10.4 Å².